The Morgan fingerprint density at radius 1 is 1.33 bits per heavy atom. The molecule has 4 rings (SSSR count). The molecule has 0 aromatic heterocycles. The van der Waals surface area contributed by atoms with Gasteiger partial charge in [-0.2, -0.15) is 0 Å². The van der Waals surface area contributed by atoms with Crippen LogP contribution in [0.5, 0.6) is 0 Å². The van der Waals surface area contributed by atoms with Crippen molar-refractivity contribution in [2.75, 3.05) is 13.3 Å². The molecule has 0 bridgehead atoms. The zero-order valence-corrected chi connectivity index (χ0v) is 14.9. The molecular weight excluding hydrogens is 298 g/mol. The lowest BCUT2D eigenvalue weighted by molar-refractivity contribution is 0.0871. The highest BCUT2D eigenvalue weighted by Gasteiger charge is 2.42. The van der Waals surface area contributed by atoms with Crippen molar-refractivity contribution in [1.29, 1.82) is 0 Å². The minimum absolute atomic E-state index is 0.228. The average molecular weight is 329 g/mol. The van der Waals surface area contributed by atoms with E-state index in [2.05, 4.69) is 30.4 Å². The molecule has 2 aliphatic carbocycles. The van der Waals surface area contributed by atoms with Crippen LogP contribution in [0.15, 0.2) is 18.2 Å². The zero-order valence-electron chi connectivity index (χ0n) is 14.9. The highest BCUT2D eigenvalue weighted by molar-refractivity contribution is 5.38. The van der Waals surface area contributed by atoms with Gasteiger partial charge in [-0.25, -0.2) is 0 Å². The monoisotopic (exact) mass is 329 g/mol. The summed E-state index contributed by atoms with van der Waals surface area (Å²) < 4.78 is 5.57. The number of ether oxygens (including phenoxy) is 1. The summed E-state index contributed by atoms with van der Waals surface area (Å²) in [6.07, 6.45) is 9.28. The zero-order chi connectivity index (χ0) is 16.6. The summed E-state index contributed by atoms with van der Waals surface area (Å²) in [4.78, 5) is 0. The third-order valence-corrected chi connectivity index (χ3v) is 6.65. The summed E-state index contributed by atoms with van der Waals surface area (Å²) in [7, 11) is 0. The van der Waals surface area contributed by atoms with Crippen LogP contribution in [0, 0.1) is 5.92 Å². The molecule has 3 nitrogen and oxygen atoms in total. The lowest BCUT2D eigenvalue weighted by Gasteiger charge is -2.31. The topological polar surface area (TPSA) is 41.5 Å². The minimum atomic E-state index is -0.255. The van der Waals surface area contributed by atoms with Gasteiger partial charge in [0.25, 0.3) is 0 Å². The second kappa shape index (κ2) is 6.78. The van der Waals surface area contributed by atoms with Crippen molar-refractivity contribution in [1.82, 2.24) is 5.32 Å². The number of benzene rings is 1. The maximum atomic E-state index is 10.7. The van der Waals surface area contributed by atoms with Crippen molar-refractivity contribution in [3.63, 3.8) is 0 Å². The summed E-state index contributed by atoms with van der Waals surface area (Å²) in [5.74, 6) is 1.09. The van der Waals surface area contributed by atoms with E-state index in [1.807, 2.05) is 0 Å². The average Bonchev–Trinajstić information content (AvgIpc) is 3.24. The van der Waals surface area contributed by atoms with Gasteiger partial charge in [0.1, 0.15) is 0 Å². The van der Waals surface area contributed by atoms with Gasteiger partial charge in [0, 0.05) is 5.54 Å². The Labute approximate surface area is 145 Å². The van der Waals surface area contributed by atoms with E-state index in [9.17, 15) is 5.11 Å². The van der Waals surface area contributed by atoms with E-state index in [0.717, 1.165) is 25.9 Å². The van der Waals surface area contributed by atoms with E-state index >= 15 is 0 Å². The van der Waals surface area contributed by atoms with Gasteiger partial charge >= 0.3 is 0 Å². The van der Waals surface area contributed by atoms with Crippen molar-refractivity contribution in [2.24, 2.45) is 5.92 Å². The van der Waals surface area contributed by atoms with Crippen LogP contribution in [0.4, 0.5) is 0 Å². The van der Waals surface area contributed by atoms with Gasteiger partial charge in [0.15, 0.2) is 0 Å². The van der Waals surface area contributed by atoms with Crippen molar-refractivity contribution < 1.29 is 9.84 Å². The van der Waals surface area contributed by atoms with E-state index in [0.29, 0.717) is 18.6 Å². The molecule has 1 saturated heterocycles. The molecule has 3 aliphatic rings. The third-order valence-electron chi connectivity index (χ3n) is 6.65. The second-order valence-electron chi connectivity index (χ2n) is 8.23. The molecule has 2 fully saturated rings. The maximum absolute atomic E-state index is 10.7. The first-order valence-electron chi connectivity index (χ1n) is 9.84. The number of aliphatic hydroxyl groups excluding tert-OH is 1. The largest absolute Gasteiger partial charge is 0.388 e. The number of aryl methyl sites for hydroxylation is 1. The quantitative estimate of drug-likeness (QED) is 0.875. The van der Waals surface area contributed by atoms with E-state index < -0.39 is 0 Å². The van der Waals surface area contributed by atoms with Crippen molar-refractivity contribution in [2.45, 2.75) is 75.9 Å². The van der Waals surface area contributed by atoms with Gasteiger partial charge in [0.05, 0.1) is 19.4 Å². The van der Waals surface area contributed by atoms with E-state index in [1.165, 1.54) is 48.8 Å². The standard InChI is InChI=1S/C21H31NO2/c1-2-3-4-15-5-6-17-11-16(7-8-19(17)20(15)23)18-9-10-21(12-18)13-24-14-22-21/h7-8,11,15,18,20,22-23H,2-6,9-10,12-14H2,1H3/t15?,18-,20?,21+/m0/s1. The predicted octanol–water partition coefficient (Wildman–Crippen LogP) is 4.06. The molecule has 2 unspecified atom stereocenters. The third kappa shape index (κ3) is 3.02. The van der Waals surface area contributed by atoms with Crippen LogP contribution in [-0.2, 0) is 11.2 Å². The molecule has 1 heterocycles. The van der Waals surface area contributed by atoms with E-state index in [1.54, 1.807) is 0 Å². The molecule has 1 aliphatic heterocycles. The van der Waals surface area contributed by atoms with Crippen LogP contribution in [-0.4, -0.2) is 24.0 Å². The van der Waals surface area contributed by atoms with Crippen molar-refractivity contribution >= 4 is 0 Å². The Hall–Kier alpha value is -0.900. The van der Waals surface area contributed by atoms with E-state index in [-0.39, 0.29) is 11.6 Å². The lowest BCUT2D eigenvalue weighted by atomic mass is 9.77. The van der Waals surface area contributed by atoms with Crippen molar-refractivity contribution in [3.05, 3.63) is 34.9 Å². The first kappa shape index (κ1) is 16.6. The minimum Gasteiger partial charge on any atom is -0.388 e. The number of aliphatic hydroxyl groups is 1. The summed E-state index contributed by atoms with van der Waals surface area (Å²) in [5.41, 5.74) is 4.29. The van der Waals surface area contributed by atoms with Crippen LogP contribution in [0.25, 0.3) is 0 Å². The fraction of sp³-hybridized carbons (Fsp3) is 0.714. The smallest absolute Gasteiger partial charge is 0.0971 e. The van der Waals surface area contributed by atoms with Crippen LogP contribution in [0.2, 0.25) is 0 Å². The normalized spacial score (nSPS) is 35.5. The first-order chi connectivity index (χ1) is 11.7. The fourth-order valence-corrected chi connectivity index (χ4v) is 5.11. The summed E-state index contributed by atoms with van der Waals surface area (Å²) in [6.45, 7) is 3.81. The molecule has 1 spiro atoms. The Bertz CT molecular complexity index is 579. The fourth-order valence-electron chi connectivity index (χ4n) is 5.11. The molecule has 132 valence electrons. The van der Waals surface area contributed by atoms with Gasteiger partial charge < -0.3 is 9.84 Å². The number of hydrogen-bond donors (Lipinski definition) is 2. The molecule has 3 heteroatoms. The SMILES string of the molecule is CCCCC1CCc2cc([C@H]3CC[C@]4(COCN4)C3)ccc2C1O. The van der Waals surface area contributed by atoms with Crippen LogP contribution < -0.4 is 5.32 Å². The van der Waals surface area contributed by atoms with Crippen LogP contribution >= 0.6 is 0 Å². The number of fused-ring (bicyclic) bond motifs is 1. The van der Waals surface area contributed by atoms with Crippen LogP contribution in [0.3, 0.4) is 0 Å². The summed E-state index contributed by atoms with van der Waals surface area (Å²) >= 11 is 0. The Morgan fingerprint density at radius 3 is 3.04 bits per heavy atom. The molecular formula is C21H31NO2. The second-order valence-corrected chi connectivity index (χ2v) is 8.23. The number of rotatable bonds is 4. The molecule has 0 radical (unpaired) electrons. The van der Waals surface area contributed by atoms with Gasteiger partial charge in [-0.3, -0.25) is 5.32 Å². The van der Waals surface area contributed by atoms with Gasteiger partial charge in [0.2, 0.25) is 0 Å². The number of unbranched alkanes of at least 4 members (excludes halogenated alkanes) is 1. The molecule has 24 heavy (non-hydrogen) atoms. The predicted molar refractivity (Wildman–Crippen MR) is 96.0 cm³/mol. The molecule has 1 aromatic carbocycles. The first-order valence-corrected chi connectivity index (χ1v) is 9.84. The Balaban J connectivity index is 1.48. The molecule has 4 atom stereocenters. The number of hydrogen-bond acceptors (Lipinski definition) is 3. The molecule has 0 amide bonds. The Morgan fingerprint density at radius 2 is 2.25 bits per heavy atom. The van der Waals surface area contributed by atoms with Gasteiger partial charge in [-0.05, 0) is 67.1 Å². The summed E-state index contributed by atoms with van der Waals surface area (Å²) in [6, 6.07) is 6.90. The van der Waals surface area contributed by atoms with E-state index in [4.69, 9.17) is 4.74 Å². The Kier molecular flexibility index (Phi) is 4.68. The summed E-state index contributed by atoms with van der Waals surface area (Å²) in [5, 5.41) is 14.3. The molecule has 1 aromatic rings. The highest BCUT2D eigenvalue weighted by atomic mass is 16.5. The lowest BCUT2D eigenvalue weighted by Crippen LogP contribution is -2.39. The maximum Gasteiger partial charge on any atom is 0.0971 e. The van der Waals surface area contributed by atoms with Crippen LogP contribution in [0.1, 0.15) is 80.6 Å². The van der Waals surface area contributed by atoms with Gasteiger partial charge in [-0.1, -0.05) is 38.0 Å². The van der Waals surface area contributed by atoms with Gasteiger partial charge in [-0.15, -0.1) is 0 Å². The number of nitrogens with one attached hydrogen (secondary N) is 1. The molecule has 2 N–H and O–H groups in total. The highest BCUT2D eigenvalue weighted by Crippen LogP contribution is 2.44. The van der Waals surface area contributed by atoms with Crippen molar-refractivity contribution in [3.8, 4) is 0 Å². The molecule has 1 saturated carbocycles.